The van der Waals surface area contributed by atoms with E-state index in [2.05, 4.69) is 55.0 Å². The maximum absolute atomic E-state index is 8.67. The van der Waals surface area contributed by atoms with Gasteiger partial charge in [-0.15, -0.1) is 65.4 Å². The molecular weight excluding hydrogens is 751 g/mol. The molecule has 0 bridgehead atoms. The van der Waals surface area contributed by atoms with Crippen molar-refractivity contribution in [2.24, 2.45) is 5.41 Å². The number of thiazole rings is 1. The number of benzene rings is 3. The molecule has 4 nitrogen and oxygen atoms in total. The number of pyridine rings is 2. The Hall–Kier alpha value is -3.70. The molecule has 0 unspecified atom stereocenters. The summed E-state index contributed by atoms with van der Waals surface area (Å²) in [5.74, 6) is 0. The number of aryl methyl sites for hydroxylation is 1. The van der Waals surface area contributed by atoms with Crippen LogP contribution in [0.5, 0.6) is 0 Å². The first-order valence-corrected chi connectivity index (χ1v) is 15.3. The normalized spacial score (nSPS) is 14.0. The van der Waals surface area contributed by atoms with Crippen LogP contribution in [0.4, 0.5) is 0 Å². The van der Waals surface area contributed by atoms with Crippen molar-refractivity contribution in [3.8, 4) is 22.5 Å². The fraction of sp³-hybridized carbons (Fsp3) is 0.256. The molecule has 45 heavy (non-hydrogen) atoms. The molecule has 0 atom stereocenters. The first-order chi connectivity index (χ1) is 22.9. The Bertz CT molecular complexity index is 2270. The van der Waals surface area contributed by atoms with Crippen LogP contribution in [0.15, 0.2) is 89.6 Å². The van der Waals surface area contributed by atoms with Gasteiger partial charge in [0.1, 0.15) is 11.1 Å². The maximum atomic E-state index is 8.67. The molecule has 0 aliphatic carbocycles. The summed E-state index contributed by atoms with van der Waals surface area (Å²) < 4.78 is 46.6. The van der Waals surface area contributed by atoms with E-state index in [9.17, 15) is 0 Å². The zero-order chi connectivity index (χ0) is 35.4. The van der Waals surface area contributed by atoms with Gasteiger partial charge in [0.2, 0.25) is 0 Å². The minimum atomic E-state index is -2.09. The molecule has 0 saturated carbocycles. The van der Waals surface area contributed by atoms with Crippen LogP contribution in [0.25, 0.3) is 54.7 Å². The number of aromatic nitrogens is 3. The predicted molar refractivity (Wildman–Crippen MR) is 184 cm³/mol. The van der Waals surface area contributed by atoms with E-state index in [1.807, 2.05) is 57.2 Å². The Kier molecular flexibility index (Phi) is 7.64. The SMILES string of the molecule is [2H]C([2H])([2H])c1ccc(-c2[c-]cccc2)nc1.[2H]C([2H])(c1ccnc(-c2[c-]ccc3c2oc2c3ccc3sc(C(C)(C)C)nc32)c1)C(C)(C)C.[Ir+3]. The fourth-order valence-electron chi connectivity index (χ4n) is 4.88. The molecule has 228 valence electrons. The van der Waals surface area contributed by atoms with Crippen LogP contribution in [-0.2, 0) is 31.9 Å². The summed E-state index contributed by atoms with van der Waals surface area (Å²) in [6, 6.07) is 28.7. The van der Waals surface area contributed by atoms with Gasteiger partial charge in [-0.2, -0.15) is 0 Å². The molecule has 6 heteroatoms. The Morgan fingerprint density at radius 2 is 1.69 bits per heavy atom. The van der Waals surface area contributed by atoms with Crippen molar-refractivity contribution in [2.45, 2.75) is 60.2 Å². The fourth-order valence-corrected chi connectivity index (χ4v) is 5.91. The molecule has 0 amide bonds. The third-order valence-electron chi connectivity index (χ3n) is 6.88. The summed E-state index contributed by atoms with van der Waals surface area (Å²) in [5.41, 5.74) is 5.60. The number of hydrogen-bond donors (Lipinski definition) is 0. The molecule has 7 rings (SSSR count). The second kappa shape index (κ2) is 13.0. The summed E-state index contributed by atoms with van der Waals surface area (Å²) in [6.45, 7) is 10.1. The molecule has 4 heterocycles. The third-order valence-corrected chi connectivity index (χ3v) is 8.33. The van der Waals surface area contributed by atoms with E-state index >= 15 is 0 Å². The molecule has 3 aromatic carbocycles. The number of hydrogen-bond acceptors (Lipinski definition) is 5. The van der Waals surface area contributed by atoms with E-state index in [1.54, 1.807) is 41.8 Å². The summed E-state index contributed by atoms with van der Waals surface area (Å²) in [5, 5.41) is 3.08. The molecule has 0 radical (unpaired) electrons. The minimum Gasteiger partial charge on any atom is -0.498 e. The van der Waals surface area contributed by atoms with Gasteiger partial charge in [0.05, 0.1) is 15.3 Å². The van der Waals surface area contributed by atoms with Crippen LogP contribution >= 0.6 is 11.3 Å². The van der Waals surface area contributed by atoms with Gasteiger partial charge in [-0.05, 0) is 47.7 Å². The van der Waals surface area contributed by atoms with Gasteiger partial charge in [0, 0.05) is 30.0 Å². The van der Waals surface area contributed by atoms with Crippen molar-refractivity contribution in [3.05, 3.63) is 113 Å². The van der Waals surface area contributed by atoms with Crippen molar-refractivity contribution in [1.29, 1.82) is 0 Å². The van der Waals surface area contributed by atoms with Gasteiger partial charge in [0.15, 0.2) is 0 Å². The Balaban J connectivity index is 0.000000241. The molecule has 0 aliphatic heterocycles. The Labute approximate surface area is 290 Å². The van der Waals surface area contributed by atoms with Gasteiger partial charge in [-0.25, -0.2) is 4.98 Å². The van der Waals surface area contributed by atoms with Crippen molar-refractivity contribution in [3.63, 3.8) is 0 Å². The van der Waals surface area contributed by atoms with Crippen LogP contribution in [-0.4, -0.2) is 15.0 Å². The summed E-state index contributed by atoms with van der Waals surface area (Å²) >= 11 is 1.70. The molecular formula is C39H37IrN3OS+. The Morgan fingerprint density at radius 1 is 0.867 bits per heavy atom. The first kappa shape index (κ1) is 26.5. The number of furan rings is 1. The average molecular weight is 793 g/mol. The summed E-state index contributed by atoms with van der Waals surface area (Å²) in [7, 11) is 0. The zero-order valence-corrected chi connectivity index (χ0v) is 29.3. The van der Waals surface area contributed by atoms with Gasteiger partial charge in [-0.1, -0.05) is 82.3 Å². The number of rotatable bonds is 3. The molecule has 0 saturated heterocycles. The van der Waals surface area contributed by atoms with Crippen LogP contribution in [0.3, 0.4) is 0 Å². The third kappa shape index (κ3) is 7.25. The number of fused-ring (bicyclic) bond motifs is 5. The quantitative estimate of drug-likeness (QED) is 0.167. The first-order valence-electron chi connectivity index (χ1n) is 17.0. The Morgan fingerprint density at radius 3 is 2.38 bits per heavy atom. The topological polar surface area (TPSA) is 51.8 Å². The van der Waals surface area contributed by atoms with Gasteiger partial charge < -0.3 is 14.4 Å². The van der Waals surface area contributed by atoms with Crippen LogP contribution in [0.1, 0.15) is 64.5 Å². The second-order valence-corrected chi connectivity index (χ2v) is 13.8. The van der Waals surface area contributed by atoms with Gasteiger partial charge in [0.25, 0.3) is 0 Å². The molecule has 7 aromatic rings. The van der Waals surface area contributed by atoms with E-state index < -0.39 is 18.6 Å². The standard InChI is InChI=1S/C27H27N2OS.C12H10N.Ir/c1-26(2,3)15-16-12-13-28-20(14-16)19-9-7-8-17-18-10-11-21-22(24(18)30-23(17)19)29-25(31-21)27(4,5)6;1-10-7-8-12(13-9-10)11-5-3-2-4-6-11;/h7-8,10-14H,15H2,1-6H3;2-5,7-9H,1H3;/q2*-1;+3/i15D2;1D3;. The summed E-state index contributed by atoms with van der Waals surface area (Å²) in [4.78, 5) is 13.6. The van der Waals surface area contributed by atoms with Crippen LogP contribution in [0, 0.1) is 24.4 Å². The molecule has 0 spiro atoms. The van der Waals surface area contributed by atoms with E-state index in [1.165, 1.54) is 6.20 Å². The molecule has 0 fully saturated rings. The zero-order valence-electron chi connectivity index (χ0n) is 31.1. The van der Waals surface area contributed by atoms with Gasteiger partial charge in [-0.3, -0.25) is 0 Å². The van der Waals surface area contributed by atoms with E-state index in [4.69, 9.17) is 16.3 Å². The smallest absolute Gasteiger partial charge is 0.498 e. The minimum absolute atomic E-state index is 0. The maximum Gasteiger partial charge on any atom is 3.00 e. The van der Waals surface area contributed by atoms with Crippen molar-refractivity contribution in [2.75, 3.05) is 0 Å². The monoisotopic (exact) mass is 793 g/mol. The van der Waals surface area contributed by atoms with Crippen molar-refractivity contribution >= 4 is 43.5 Å². The second-order valence-electron chi connectivity index (χ2n) is 12.8. The van der Waals surface area contributed by atoms with Crippen LogP contribution < -0.4 is 0 Å². The van der Waals surface area contributed by atoms with Gasteiger partial charge >= 0.3 is 20.1 Å². The average Bonchev–Trinajstić information content (AvgIpc) is 3.67. The largest absolute Gasteiger partial charge is 3.00 e. The van der Waals surface area contributed by atoms with E-state index in [-0.39, 0.29) is 31.1 Å². The number of nitrogens with zero attached hydrogens (tertiary/aromatic N) is 3. The predicted octanol–water partition coefficient (Wildman–Crippen LogP) is 10.8. The molecule has 4 aromatic heterocycles. The molecule has 0 N–H and O–H groups in total. The summed E-state index contributed by atoms with van der Waals surface area (Å²) in [6.07, 6.45) is 1.55. The van der Waals surface area contributed by atoms with E-state index in [0.717, 1.165) is 48.4 Å². The molecule has 0 aliphatic rings. The van der Waals surface area contributed by atoms with E-state index in [0.29, 0.717) is 16.8 Å². The van der Waals surface area contributed by atoms with Crippen LogP contribution in [0.2, 0.25) is 0 Å². The van der Waals surface area contributed by atoms with Crippen molar-refractivity contribution < 1.29 is 31.4 Å². The van der Waals surface area contributed by atoms with Crippen molar-refractivity contribution in [1.82, 2.24) is 15.0 Å².